The van der Waals surface area contributed by atoms with Crippen molar-refractivity contribution < 1.29 is 14.6 Å². The van der Waals surface area contributed by atoms with Crippen LogP contribution in [-0.4, -0.2) is 35.1 Å². The highest BCUT2D eigenvalue weighted by Crippen LogP contribution is 2.39. The number of aromatic nitrogens is 1. The van der Waals surface area contributed by atoms with E-state index < -0.39 is 0 Å². The zero-order valence-electron chi connectivity index (χ0n) is 18.3. The van der Waals surface area contributed by atoms with Gasteiger partial charge in [0.25, 0.3) is 0 Å². The standard InChI is InChI=1S/C26H29N3O3/c1-32-24-13-17(5-11-23(24)30)16-4-10-22-20(12-16)25(29-19-8-6-18(27)7-9-19)21(14-28-22)26(31)15-2-3-15/h4-5,10-15,18-19,30H,2-3,6-9,27H2,1H3,(H,28,29). The van der Waals surface area contributed by atoms with Crippen LogP contribution in [-0.2, 0) is 0 Å². The number of pyridine rings is 1. The number of phenols is 1. The predicted molar refractivity (Wildman–Crippen MR) is 126 cm³/mol. The van der Waals surface area contributed by atoms with Crippen LogP contribution in [0.2, 0.25) is 0 Å². The predicted octanol–water partition coefficient (Wildman–Crippen LogP) is 4.89. The summed E-state index contributed by atoms with van der Waals surface area (Å²) < 4.78 is 5.28. The SMILES string of the molecule is COc1cc(-c2ccc3ncc(C(=O)C4CC4)c(NC4CCC(N)CC4)c3c2)ccc1O. The van der Waals surface area contributed by atoms with Crippen LogP contribution in [0.5, 0.6) is 11.5 Å². The van der Waals surface area contributed by atoms with Crippen molar-refractivity contribution in [2.75, 3.05) is 12.4 Å². The van der Waals surface area contributed by atoms with Crippen molar-refractivity contribution >= 4 is 22.4 Å². The van der Waals surface area contributed by atoms with Crippen LogP contribution in [0.25, 0.3) is 22.0 Å². The summed E-state index contributed by atoms with van der Waals surface area (Å²) in [6, 6.07) is 11.9. The first-order valence-electron chi connectivity index (χ1n) is 11.4. The number of anilines is 1. The van der Waals surface area contributed by atoms with Gasteiger partial charge in [0.15, 0.2) is 17.3 Å². The van der Waals surface area contributed by atoms with Crippen molar-refractivity contribution in [3.05, 3.63) is 48.2 Å². The van der Waals surface area contributed by atoms with Gasteiger partial charge in [-0.25, -0.2) is 0 Å². The van der Waals surface area contributed by atoms with Crippen molar-refractivity contribution in [1.82, 2.24) is 4.98 Å². The molecule has 2 aliphatic carbocycles. The molecule has 6 nitrogen and oxygen atoms in total. The molecular weight excluding hydrogens is 402 g/mol. The molecule has 0 aliphatic heterocycles. The highest BCUT2D eigenvalue weighted by molar-refractivity contribution is 6.10. The molecule has 0 unspecified atom stereocenters. The molecule has 0 radical (unpaired) electrons. The quantitative estimate of drug-likeness (QED) is 0.481. The Morgan fingerprint density at radius 3 is 2.50 bits per heavy atom. The first-order chi connectivity index (χ1) is 15.5. The number of ether oxygens (including phenoxy) is 1. The third kappa shape index (κ3) is 4.02. The van der Waals surface area contributed by atoms with E-state index in [1.807, 2.05) is 24.3 Å². The molecule has 6 heteroatoms. The molecule has 0 amide bonds. The average molecular weight is 432 g/mol. The Morgan fingerprint density at radius 2 is 1.78 bits per heavy atom. The number of methoxy groups -OCH3 is 1. The Morgan fingerprint density at radius 1 is 1.06 bits per heavy atom. The fourth-order valence-corrected chi connectivity index (χ4v) is 4.60. The smallest absolute Gasteiger partial charge is 0.169 e. The summed E-state index contributed by atoms with van der Waals surface area (Å²) in [7, 11) is 1.54. The minimum atomic E-state index is 0.105. The molecule has 0 atom stereocenters. The number of nitrogens with zero attached hydrogens (tertiary/aromatic N) is 1. The second kappa shape index (κ2) is 8.43. The number of fused-ring (bicyclic) bond motifs is 1. The van der Waals surface area contributed by atoms with Crippen LogP contribution >= 0.6 is 0 Å². The molecule has 1 aromatic heterocycles. The lowest BCUT2D eigenvalue weighted by molar-refractivity contribution is 0.0968. The van der Waals surface area contributed by atoms with E-state index in [1.165, 1.54) is 7.11 Å². The maximum absolute atomic E-state index is 13.1. The van der Waals surface area contributed by atoms with Gasteiger partial charge < -0.3 is 20.9 Å². The molecule has 0 saturated heterocycles. The number of aromatic hydroxyl groups is 1. The molecule has 2 aliphatic rings. The number of Topliss-reactive ketones (excluding diaryl/α,β-unsaturated/α-hetero) is 1. The van der Waals surface area contributed by atoms with Gasteiger partial charge in [-0.15, -0.1) is 0 Å². The molecule has 166 valence electrons. The third-order valence-corrected chi connectivity index (χ3v) is 6.71. The average Bonchev–Trinajstić information content (AvgIpc) is 3.66. The van der Waals surface area contributed by atoms with E-state index in [-0.39, 0.29) is 23.5 Å². The third-order valence-electron chi connectivity index (χ3n) is 6.71. The minimum absolute atomic E-state index is 0.105. The van der Waals surface area contributed by atoms with Crippen molar-refractivity contribution in [3.8, 4) is 22.6 Å². The van der Waals surface area contributed by atoms with E-state index in [0.717, 1.165) is 66.2 Å². The Kier molecular flexibility index (Phi) is 5.47. The fraction of sp³-hybridized carbons (Fsp3) is 0.385. The molecule has 5 rings (SSSR count). The van der Waals surface area contributed by atoms with Gasteiger partial charge >= 0.3 is 0 Å². The van der Waals surface area contributed by atoms with Crippen LogP contribution in [0, 0.1) is 5.92 Å². The van der Waals surface area contributed by atoms with E-state index in [1.54, 1.807) is 12.3 Å². The first-order valence-corrected chi connectivity index (χ1v) is 11.4. The number of carbonyl (C=O) groups excluding carboxylic acids is 1. The molecular formula is C26H29N3O3. The number of ketones is 1. The molecule has 2 aromatic carbocycles. The van der Waals surface area contributed by atoms with Crippen LogP contribution in [0.3, 0.4) is 0 Å². The fourth-order valence-electron chi connectivity index (χ4n) is 4.60. The minimum Gasteiger partial charge on any atom is -0.504 e. The normalized spacial score (nSPS) is 20.8. The molecule has 0 spiro atoms. The van der Waals surface area contributed by atoms with Gasteiger partial charge in [0.2, 0.25) is 0 Å². The zero-order chi connectivity index (χ0) is 22.2. The number of rotatable bonds is 6. The maximum atomic E-state index is 13.1. The summed E-state index contributed by atoms with van der Waals surface area (Å²) in [5.41, 5.74) is 10.4. The highest BCUT2D eigenvalue weighted by Gasteiger charge is 2.33. The van der Waals surface area contributed by atoms with E-state index in [4.69, 9.17) is 10.5 Å². The maximum Gasteiger partial charge on any atom is 0.169 e. The van der Waals surface area contributed by atoms with Crippen LogP contribution in [0.4, 0.5) is 5.69 Å². The molecule has 4 N–H and O–H groups in total. The topological polar surface area (TPSA) is 97.5 Å². The van der Waals surface area contributed by atoms with Crippen LogP contribution < -0.4 is 15.8 Å². The van der Waals surface area contributed by atoms with Crippen molar-refractivity contribution in [1.29, 1.82) is 0 Å². The van der Waals surface area contributed by atoms with E-state index in [9.17, 15) is 9.90 Å². The first kappa shape index (κ1) is 20.8. The van der Waals surface area contributed by atoms with Gasteiger partial charge in [0.1, 0.15) is 0 Å². The number of hydrogen-bond donors (Lipinski definition) is 3. The largest absolute Gasteiger partial charge is 0.504 e. The van der Waals surface area contributed by atoms with Gasteiger partial charge in [0, 0.05) is 29.6 Å². The lowest BCUT2D eigenvalue weighted by atomic mass is 9.91. The summed E-state index contributed by atoms with van der Waals surface area (Å²) in [6.45, 7) is 0. The lowest BCUT2D eigenvalue weighted by Gasteiger charge is -2.29. The highest BCUT2D eigenvalue weighted by atomic mass is 16.5. The Bertz CT molecular complexity index is 1160. The Hall–Kier alpha value is -3.12. The van der Waals surface area contributed by atoms with Gasteiger partial charge in [-0.2, -0.15) is 0 Å². The van der Waals surface area contributed by atoms with Gasteiger partial charge in [-0.1, -0.05) is 12.1 Å². The van der Waals surface area contributed by atoms with Crippen molar-refractivity contribution in [2.45, 2.75) is 50.6 Å². The Balaban J connectivity index is 1.60. The number of nitrogens with two attached hydrogens (primary N) is 1. The molecule has 2 fully saturated rings. The molecule has 3 aromatic rings. The van der Waals surface area contributed by atoms with E-state index in [2.05, 4.69) is 16.4 Å². The van der Waals surface area contributed by atoms with Crippen LogP contribution in [0.15, 0.2) is 42.6 Å². The van der Waals surface area contributed by atoms with Gasteiger partial charge in [-0.05, 0) is 73.9 Å². The lowest BCUT2D eigenvalue weighted by Crippen LogP contribution is -2.33. The van der Waals surface area contributed by atoms with E-state index in [0.29, 0.717) is 17.4 Å². The number of carbonyl (C=O) groups is 1. The van der Waals surface area contributed by atoms with E-state index >= 15 is 0 Å². The number of hydrogen-bond acceptors (Lipinski definition) is 6. The second-order valence-corrected chi connectivity index (χ2v) is 9.06. The summed E-state index contributed by atoms with van der Waals surface area (Å²) in [6.07, 6.45) is 7.64. The molecule has 2 saturated carbocycles. The molecule has 1 heterocycles. The summed E-state index contributed by atoms with van der Waals surface area (Å²) in [5.74, 6) is 0.842. The molecule has 0 bridgehead atoms. The second-order valence-electron chi connectivity index (χ2n) is 9.06. The zero-order valence-corrected chi connectivity index (χ0v) is 18.3. The van der Waals surface area contributed by atoms with Gasteiger partial charge in [-0.3, -0.25) is 9.78 Å². The summed E-state index contributed by atoms with van der Waals surface area (Å²) >= 11 is 0. The number of nitrogens with one attached hydrogen (secondary N) is 1. The Labute approximate surface area is 187 Å². The van der Waals surface area contributed by atoms with Crippen molar-refractivity contribution in [3.63, 3.8) is 0 Å². The van der Waals surface area contributed by atoms with Gasteiger partial charge in [0.05, 0.1) is 23.9 Å². The number of phenolic OH excluding ortho intramolecular Hbond substituents is 1. The van der Waals surface area contributed by atoms with Crippen molar-refractivity contribution in [2.24, 2.45) is 11.7 Å². The summed E-state index contributed by atoms with van der Waals surface area (Å²) in [4.78, 5) is 17.7. The number of benzene rings is 2. The van der Waals surface area contributed by atoms with Crippen LogP contribution in [0.1, 0.15) is 48.9 Å². The molecule has 32 heavy (non-hydrogen) atoms. The summed E-state index contributed by atoms with van der Waals surface area (Å²) in [5, 5.41) is 14.6. The monoisotopic (exact) mass is 431 g/mol.